The molecule has 0 bridgehead atoms. The summed E-state index contributed by atoms with van der Waals surface area (Å²) in [5.41, 5.74) is 3.47. The molecule has 2 rings (SSSR count). The van der Waals surface area contributed by atoms with E-state index in [0.29, 0.717) is 5.75 Å². The molecule has 0 spiro atoms. The number of anilines is 2. The zero-order valence-corrected chi connectivity index (χ0v) is 9.51. The van der Waals surface area contributed by atoms with Crippen molar-refractivity contribution in [2.24, 2.45) is 0 Å². The lowest BCUT2D eigenvalue weighted by Crippen LogP contribution is -2.10. The van der Waals surface area contributed by atoms with Gasteiger partial charge in [-0.05, 0) is 42.8 Å². The first-order chi connectivity index (χ1) is 7.68. The van der Waals surface area contributed by atoms with Gasteiger partial charge in [-0.15, -0.1) is 0 Å². The van der Waals surface area contributed by atoms with Crippen LogP contribution in [-0.4, -0.2) is 12.2 Å². The second kappa shape index (κ2) is 4.27. The van der Waals surface area contributed by atoms with Crippen LogP contribution in [0.15, 0.2) is 48.5 Å². The lowest BCUT2D eigenvalue weighted by atomic mass is 10.1. The van der Waals surface area contributed by atoms with E-state index >= 15 is 0 Å². The largest absolute Gasteiger partial charge is 0.508 e. The van der Waals surface area contributed by atoms with Crippen LogP contribution in [0.4, 0.5) is 11.4 Å². The number of benzene rings is 2. The zero-order valence-electron chi connectivity index (χ0n) is 9.51. The Balaban J connectivity index is 2.35. The summed E-state index contributed by atoms with van der Waals surface area (Å²) in [5, 5.41) is 9.25. The molecule has 2 aromatic carbocycles. The molecule has 2 aromatic rings. The maximum Gasteiger partial charge on any atom is 0.115 e. The van der Waals surface area contributed by atoms with Gasteiger partial charge in [-0.3, -0.25) is 0 Å². The molecule has 82 valence electrons. The standard InChI is InChI=1S/C14H15NO/c1-11-5-3-4-6-14(11)15(2)12-7-9-13(16)10-8-12/h3-10,16H,1-2H3. The molecule has 1 N–H and O–H groups in total. The molecule has 0 aliphatic rings. The van der Waals surface area contributed by atoms with Gasteiger partial charge in [-0.2, -0.15) is 0 Å². The molecular weight excluding hydrogens is 198 g/mol. The average molecular weight is 213 g/mol. The number of aryl methyl sites for hydroxylation is 1. The highest BCUT2D eigenvalue weighted by Crippen LogP contribution is 2.27. The second-order valence-electron chi connectivity index (χ2n) is 3.86. The zero-order chi connectivity index (χ0) is 11.5. The minimum absolute atomic E-state index is 0.293. The summed E-state index contributed by atoms with van der Waals surface area (Å²) in [5.74, 6) is 0.293. The molecule has 0 aliphatic carbocycles. The number of phenols is 1. The molecular formula is C14H15NO. The topological polar surface area (TPSA) is 23.5 Å². The van der Waals surface area contributed by atoms with Crippen LogP contribution in [0.25, 0.3) is 0 Å². The summed E-state index contributed by atoms with van der Waals surface area (Å²) in [6.45, 7) is 2.09. The molecule has 0 aliphatic heterocycles. The van der Waals surface area contributed by atoms with Crippen LogP contribution in [0.1, 0.15) is 5.56 Å². The fourth-order valence-corrected chi connectivity index (χ4v) is 1.76. The summed E-state index contributed by atoms with van der Waals surface area (Å²) in [6, 6.07) is 15.4. The van der Waals surface area contributed by atoms with E-state index in [2.05, 4.69) is 24.0 Å². The molecule has 2 nitrogen and oxygen atoms in total. The van der Waals surface area contributed by atoms with Crippen molar-refractivity contribution in [2.45, 2.75) is 6.92 Å². The van der Waals surface area contributed by atoms with Crippen molar-refractivity contribution in [3.63, 3.8) is 0 Å². The summed E-state index contributed by atoms with van der Waals surface area (Å²) >= 11 is 0. The van der Waals surface area contributed by atoms with Crippen LogP contribution in [0.3, 0.4) is 0 Å². The van der Waals surface area contributed by atoms with Gasteiger partial charge in [-0.1, -0.05) is 18.2 Å². The van der Waals surface area contributed by atoms with E-state index in [0.717, 1.165) is 5.69 Å². The monoisotopic (exact) mass is 213 g/mol. The highest BCUT2D eigenvalue weighted by atomic mass is 16.3. The van der Waals surface area contributed by atoms with E-state index < -0.39 is 0 Å². The van der Waals surface area contributed by atoms with Gasteiger partial charge in [0.05, 0.1) is 0 Å². The van der Waals surface area contributed by atoms with Crippen molar-refractivity contribution in [1.29, 1.82) is 0 Å². The molecule has 0 amide bonds. The Kier molecular flexibility index (Phi) is 2.82. The first-order valence-corrected chi connectivity index (χ1v) is 5.27. The highest BCUT2D eigenvalue weighted by Gasteiger charge is 2.05. The number of hydrogen-bond donors (Lipinski definition) is 1. The fraction of sp³-hybridized carbons (Fsp3) is 0.143. The molecule has 0 atom stereocenters. The smallest absolute Gasteiger partial charge is 0.115 e. The molecule has 0 saturated heterocycles. The van der Waals surface area contributed by atoms with E-state index in [1.165, 1.54) is 11.3 Å². The van der Waals surface area contributed by atoms with Gasteiger partial charge >= 0.3 is 0 Å². The summed E-state index contributed by atoms with van der Waals surface area (Å²) in [6.07, 6.45) is 0. The van der Waals surface area contributed by atoms with Crippen molar-refractivity contribution in [2.75, 3.05) is 11.9 Å². The van der Waals surface area contributed by atoms with Crippen molar-refractivity contribution in [3.05, 3.63) is 54.1 Å². The Bertz CT molecular complexity index is 476. The number of hydrogen-bond acceptors (Lipinski definition) is 2. The van der Waals surface area contributed by atoms with Crippen molar-refractivity contribution in [3.8, 4) is 5.75 Å². The minimum atomic E-state index is 0.293. The van der Waals surface area contributed by atoms with Gasteiger partial charge in [0.15, 0.2) is 0 Å². The molecule has 0 unspecified atom stereocenters. The third-order valence-corrected chi connectivity index (χ3v) is 2.71. The van der Waals surface area contributed by atoms with Gasteiger partial charge in [0.25, 0.3) is 0 Å². The summed E-state index contributed by atoms with van der Waals surface area (Å²) in [4.78, 5) is 2.11. The summed E-state index contributed by atoms with van der Waals surface area (Å²) in [7, 11) is 2.02. The lowest BCUT2D eigenvalue weighted by molar-refractivity contribution is 0.475. The molecule has 0 fully saturated rings. The van der Waals surface area contributed by atoms with E-state index in [-0.39, 0.29) is 0 Å². The normalized spacial score (nSPS) is 10.1. The van der Waals surface area contributed by atoms with E-state index in [9.17, 15) is 5.11 Å². The van der Waals surface area contributed by atoms with E-state index in [4.69, 9.17) is 0 Å². The third kappa shape index (κ3) is 2.01. The van der Waals surface area contributed by atoms with Gasteiger partial charge in [-0.25, -0.2) is 0 Å². The maximum absolute atomic E-state index is 9.25. The SMILES string of the molecule is Cc1ccccc1N(C)c1ccc(O)cc1. The van der Waals surface area contributed by atoms with Crippen LogP contribution < -0.4 is 4.90 Å². The Morgan fingerprint density at radius 1 is 0.938 bits per heavy atom. The number of phenolic OH excluding ortho intramolecular Hbond substituents is 1. The summed E-state index contributed by atoms with van der Waals surface area (Å²) < 4.78 is 0. The first-order valence-electron chi connectivity index (χ1n) is 5.27. The van der Waals surface area contributed by atoms with Crippen molar-refractivity contribution in [1.82, 2.24) is 0 Å². The van der Waals surface area contributed by atoms with Crippen LogP contribution >= 0.6 is 0 Å². The predicted molar refractivity (Wildman–Crippen MR) is 67.3 cm³/mol. The molecule has 0 radical (unpaired) electrons. The van der Waals surface area contributed by atoms with Gasteiger partial charge in [0.2, 0.25) is 0 Å². The number of aromatic hydroxyl groups is 1. The van der Waals surface area contributed by atoms with E-state index in [1.54, 1.807) is 12.1 Å². The minimum Gasteiger partial charge on any atom is -0.508 e. The highest BCUT2D eigenvalue weighted by molar-refractivity contribution is 5.65. The molecule has 16 heavy (non-hydrogen) atoms. The molecule has 0 aromatic heterocycles. The maximum atomic E-state index is 9.25. The van der Waals surface area contributed by atoms with Crippen molar-refractivity contribution >= 4 is 11.4 Å². The van der Waals surface area contributed by atoms with Crippen LogP contribution in [-0.2, 0) is 0 Å². The van der Waals surface area contributed by atoms with Gasteiger partial charge < -0.3 is 10.0 Å². The van der Waals surface area contributed by atoms with Gasteiger partial charge in [0, 0.05) is 18.4 Å². The van der Waals surface area contributed by atoms with Crippen LogP contribution in [0.5, 0.6) is 5.75 Å². The van der Waals surface area contributed by atoms with Crippen LogP contribution in [0, 0.1) is 6.92 Å². The molecule has 0 heterocycles. The van der Waals surface area contributed by atoms with Crippen molar-refractivity contribution < 1.29 is 5.11 Å². The van der Waals surface area contributed by atoms with E-state index in [1.807, 2.05) is 31.3 Å². The Morgan fingerprint density at radius 2 is 1.56 bits per heavy atom. The lowest BCUT2D eigenvalue weighted by Gasteiger charge is -2.21. The first kappa shape index (κ1) is 10.6. The number of para-hydroxylation sites is 1. The van der Waals surface area contributed by atoms with Crippen LogP contribution in [0.2, 0.25) is 0 Å². The predicted octanol–water partition coefficient (Wildman–Crippen LogP) is 3.47. The second-order valence-corrected chi connectivity index (χ2v) is 3.86. The Labute approximate surface area is 95.8 Å². The number of nitrogens with zero attached hydrogens (tertiary/aromatic N) is 1. The molecule has 2 heteroatoms. The fourth-order valence-electron chi connectivity index (χ4n) is 1.76. The molecule has 0 saturated carbocycles. The van der Waals surface area contributed by atoms with Gasteiger partial charge in [0.1, 0.15) is 5.75 Å². The third-order valence-electron chi connectivity index (χ3n) is 2.71. The Hall–Kier alpha value is -1.96. The Morgan fingerprint density at radius 3 is 2.19 bits per heavy atom. The average Bonchev–Trinajstić information content (AvgIpc) is 2.30. The number of rotatable bonds is 2. The quantitative estimate of drug-likeness (QED) is 0.825.